The topological polar surface area (TPSA) is 84.2 Å². The third-order valence-corrected chi connectivity index (χ3v) is 8.04. The van der Waals surface area contributed by atoms with Crippen LogP contribution in [0.2, 0.25) is 10.0 Å². The van der Waals surface area contributed by atoms with Gasteiger partial charge in [-0.2, -0.15) is 5.10 Å². The molecule has 0 N–H and O–H groups in total. The average Bonchev–Trinajstić information content (AvgIpc) is 3.37. The van der Waals surface area contributed by atoms with Crippen LogP contribution < -0.4 is 0 Å². The lowest BCUT2D eigenvalue weighted by Gasteiger charge is -2.35. The van der Waals surface area contributed by atoms with Gasteiger partial charge in [0.15, 0.2) is 0 Å². The fourth-order valence-corrected chi connectivity index (χ4v) is 5.55. The van der Waals surface area contributed by atoms with Crippen molar-refractivity contribution in [3.05, 3.63) is 60.8 Å². The SMILES string of the molecule is Cc1nnc(C(C)N2CCn3nc4c(c3C2=O)CN(C(=O)c2ccc(Cl)c(Cl)c2)[C@H](C)C4)s1. The fraction of sp³-hybridized carbons (Fsp3) is 0.409. The van der Waals surface area contributed by atoms with Crippen molar-refractivity contribution in [1.29, 1.82) is 0 Å². The molecular formula is C22H22Cl2N6O2S. The maximum atomic E-state index is 13.6. The second-order valence-corrected chi connectivity index (χ2v) is 10.5. The third kappa shape index (κ3) is 3.82. The van der Waals surface area contributed by atoms with E-state index < -0.39 is 0 Å². The molecule has 0 saturated heterocycles. The maximum Gasteiger partial charge on any atom is 0.273 e. The standard InChI is InChI=1S/C22H22Cl2N6O2S/c1-11-8-18-15(10-29(11)21(31)14-4-5-16(23)17(24)9-14)19-22(32)28(6-7-30(19)27-18)12(2)20-26-25-13(3)33-20/h4-5,9,11-12H,6-8,10H2,1-3H3/t11-,12?/m1/s1. The van der Waals surface area contributed by atoms with E-state index in [0.717, 1.165) is 21.3 Å². The van der Waals surface area contributed by atoms with Crippen molar-refractivity contribution >= 4 is 46.4 Å². The molecule has 0 aliphatic carbocycles. The van der Waals surface area contributed by atoms with Gasteiger partial charge < -0.3 is 9.80 Å². The molecule has 0 saturated carbocycles. The molecule has 0 spiro atoms. The van der Waals surface area contributed by atoms with Crippen LogP contribution in [0.3, 0.4) is 0 Å². The van der Waals surface area contributed by atoms with Gasteiger partial charge in [-0.05, 0) is 39.0 Å². The van der Waals surface area contributed by atoms with Gasteiger partial charge >= 0.3 is 0 Å². The van der Waals surface area contributed by atoms with Crippen molar-refractivity contribution < 1.29 is 9.59 Å². The van der Waals surface area contributed by atoms with Crippen molar-refractivity contribution in [2.24, 2.45) is 0 Å². The van der Waals surface area contributed by atoms with Gasteiger partial charge in [0.05, 0.1) is 34.9 Å². The monoisotopic (exact) mass is 504 g/mol. The van der Waals surface area contributed by atoms with Gasteiger partial charge in [0.2, 0.25) is 0 Å². The Labute approximate surface area is 205 Å². The Balaban J connectivity index is 1.45. The van der Waals surface area contributed by atoms with E-state index >= 15 is 0 Å². The smallest absolute Gasteiger partial charge is 0.273 e. The van der Waals surface area contributed by atoms with Crippen molar-refractivity contribution in [1.82, 2.24) is 29.8 Å². The van der Waals surface area contributed by atoms with E-state index in [1.165, 1.54) is 11.3 Å². The molecule has 0 fully saturated rings. The predicted octanol–water partition coefficient (Wildman–Crippen LogP) is 4.15. The highest BCUT2D eigenvalue weighted by molar-refractivity contribution is 7.11. The Hall–Kier alpha value is -2.49. The largest absolute Gasteiger partial charge is 0.331 e. The van der Waals surface area contributed by atoms with E-state index in [0.29, 0.717) is 47.4 Å². The Morgan fingerprint density at radius 1 is 1.21 bits per heavy atom. The molecule has 11 heteroatoms. The third-order valence-electron chi connectivity index (χ3n) is 6.29. The minimum Gasteiger partial charge on any atom is -0.331 e. The van der Waals surface area contributed by atoms with Crippen LogP contribution in [0.25, 0.3) is 0 Å². The first-order chi connectivity index (χ1) is 15.7. The normalized spacial score (nSPS) is 18.8. The number of halogens is 2. The minimum atomic E-state index is -0.181. The quantitative estimate of drug-likeness (QED) is 0.534. The summed E-state index contributed by atoms with van der Waals surface area (Å²) in [5.74, 6) is -0.240. The summed E-state index contributed by atoms with van der Waals surface area (Å²) in [6.07, 6.45) is 0.584. The van der Waals surface area contributed by atoms with E-state index in [-0.39, 0.29) is 23.9 Å². The highest BCUT2D eigenvalue weighted by atomic mass is 35.5. The number of carbonyl (C=O) groups excluding carboxylic acids is 2. The number of hydrogen-bond acceptors (Lipinski definition) is 6. The summed E-state index contributed by atoms with van der Waals surface area (Å²) in [7, 11) is 0. The van der Waals surface area contributed by atoms with Gasteiger partial charge in [-0.3, -0.25) is 14.3 Å². The molecule has 0 radical (unpaired) electrons. The minimum absolute atomic E-state index is 0.0640. The van der Waals surface area contributed by atoms with Crippen molar-refractivity contribution in [3.63, 3.8) is 0 Å². The molecule has 5 rings (SSSR count). The first-order valence-corrected chi connectivity index (χ1v) is 12.3. The molecule has 1 aromatic carbocycles. The van der Waals surface area contributed by atoms with Gasteiger partial charge in [0.25, 0.3) is 11.8 Å². The highest BCUT2D eigenvalue weighted by Gasteiger charge is 2.39. The van der Waals surface area contributed by atoms with E-state index in [4.69, 9.17) is 28.3 Å². The number of rotatable bonds is 3. The van der Waals surface area contributed by atoms with Gasteiger partial charge in [-0.25, -0.2) is 0 Å². The fourth-order valence-electron chi connectivity index (χ4n) is 4.49. The van der Waals surface area contributed by atoms with Crippen LogP contribution in [0, 0.1) is 6.92 Å². The van der Waals surface area contributed by atoms with Gasteiger partial charge in [-0.1, -0.05) is 34.5 Å². The Morgan fingerprint density at radius 2 is 2.00 bits per heavy atom. The van der Waals surface area contributed by atoms with E-state index in [1.54, 1.807) is 27.8 Å². The molecule has 0 bridgehead atoms. The van der Waals surface area contributed by atoms with Gasteiger partial charge in [0, 0.05) is 30.1 Å². The van der Waals surface area contributed by atoms with E-state index in [9.17, 15) is 9.59 Å². The van der Waals surface area contributed by atoms with Crippen molar-refractivity contribution in [2.45, 2.75) is 52.4 Å². The summed E-state index contributed by atoms with van der Waals surface area (Å²) in [5.41, 5.74) is 2.72. The molecule has 8 nitrogen and oxygen atoms in total. The van der Waals surface area contributed by atoms with E-state index in [2.05, 4.69) is 10.2 Å². The van der Waals surface area contributed by atoms with Crippen LogP contribution >= 0.6 is 34.5 Å². The predicted molar refractivity (Wildman–Crippen MR) is 126 cm³/mol. The second-order valence-electron chi connectivity index (χ2n) is 8.45. The molecular weight excluding hydrogens is 483 g/mol. The zero-order valence-electron chi connectivity index (χ0n) is 18.4. The number of hydrogen-bond donors (Lipinski definition) is 0. The van der Waals surface area contributed by atoms with Crippen LogP contribution in [0.15, 0.2) is 18.2 Å². The molecule has 172 valence electrons. The summed E-state index contributed by atoms with van der Waals surface area (Å²) >= 11 is 13.6. The molecule has 2 atom stereocenters. The number of benzene rings is 1. The summed E-state index contributed by atoms with van der Waals surface area (Å²) in [5, 5.41) is 15.5. The lowest BCUT2D eigenvalue weighted by molar-refractivity contribution is 0.0604. The number of nitrogens with zero attached hydrogens (tertiary/aromatic N) is 6. The molecule has 2 aliphatic rings. The summed E-state index contributed by atoms with van der Waals surface area (Å²) in [6.45, 7) is 7.33. The maximum absolute atomic E-state index is 13.6. The second kappa shape index (κ2) is 8.38. The lowest BCUT2D eigenvalue weighted by atomic mass is 9.97. The molecule has 2 aliphatic heterocycles. The molecule has 33 heavy (non-hydrogen) atoms. The molecule has 4 heterocycles. The average molecular weight is 505 g/mol. The Morgan fingerprint density at radius 3 is 2.70 bits per heavy atom. The number of aryl methyl sites for hydroxylation is 1. The van der Waals surface area contributed by atoms with Crippen LogP contribution in [0.1, 0.15) is 62.0 Å². The molecule has 2 aromatic heterocycles. The summed E-state index contributed by atoms with van der Waals surface area (Å²) in [4.78, 5) is 30.5. The molecule has 3 aromatic rings. The lowest BCUT2D eigenvalue weighted by Crippen LogP contribution is -2.44. The first kappa shape index (κ1) is 22.3. The van der Waals surface area contributed by atoms with Gasteiger partial charge in [-0.15, -0.1) is 10.2 Å². The van der Waals surface area contributed by atoms with Crippen LogP contribution in [0.4, 0.5) is 0 Å². The zero-order chi connectivity index (χ0) is 23.4. The Kier molecular flexibility index (Phi) is 5.66. The first-order valence-electron chi connectivity index (χ1n) is 10.7. The summed E-state index contributed by atoms with van der Waals surface area (Å²) < 4.78 is 1.79. The highest BCUT2D eigenvalue weighted by Crippen LogP contribution is 2.33. The number of fused-ring (bicyclic) bond motifs is 3. The van der Waals surface area contributed by atoms with Crippen LogP contribution in [-0.2, 0) is 19.5 Å². The van der Waals surface area contributed by atoms with Gasteiger partial charge in [0.1, 0.15) is 15.7 Å². The van der Waals surface area contributed by atoms with Crippen LogP contribution in [0.5, 0.6) is 0 Å². The molecule has 1 unspecified atom stereocenters. The van der Waals surface area contributed by atoms with Crippen molar-refractivity contribution in [3.8, 4) is 0 Å². The van der Waals surface area contributed by atoms with Crippen molar-refractivity contribution in [2.75, 3.05) is 6.54 Å². The number of carbonyl (C=O) groups is 2. The Bertz CT molecular complexity index is 1270. The zero-order valence-corrected chi connectivity index (χ0v) is 20.7. The number of aromatic nitrogens is 4. The summed E-state index contributed by atoms with van der Waals surface area (Å²) in [6, 6.07) is 4.63. The van der Waals surface area contributed by atoms with E-state index in [1.807, 2.05) is 25.7 Å². The number of amides is 2. The molecule has 2 amide bonds. The van der Waals surface area contributed by atoms with Crippen LogP contribution in [-0.4, -0.2) is 54.2 Å².